The van der Waals surface area contributed by atoms with E-state index in [4.69, 9.17) is 45.4 Å². The van der Waals surface area contributed by atoms with Crippen molar-refractivity contribution < 1.29 is 62.5 Å². The van der Waals surface area contributed by atoms with Crippen LogP contribution >= 0.6 is 12.2 Å². The SMILES string of the molecule is CC(=O)OC[C@H]1O[C@@H](CC(=S)NCc2ccc(C3O[C@H](CN(C)[C@@H](C)[C@H](O)c4ccccc4)[C@H](C)[C@H](c4ccc(CO)cc4)O3)cc2)[C@H](OC(C)=O)[C@@H](OC(C)=O)[C@@H]1OC(C)=O. The van der Waals surface area contributed by atoms with E-state index >= 15 is 0 Å². The molecule has 2 aliphatic rings. The van der Waals surface area contributed by atoms with Gasteiger partial charge in [-0.05, 0) is 36.2 Å². The molecule has 15 nitrogen and oxygen atoms in total. The van der Waals surface area contributed by atoms with E-state index in [1.807, 2.05) is 92.8 Å². The Kier molecular flexibility index (Phi) is 17.5. The maximum atomic E-state index is 12.3. The zero-order valence-electron chi connectivity index (χ0n) is 36.1. The van der Waals surface area contributed by atoms with Crippen molar-refractivity contribution >= 4 is 41.1 Å². The average Bonchev–Trinajstić information content (AvgIpc) is 3.24. The zero-order chi connectivity index (χ0) is 45.1. The van der Waals surface area contributed by atoms with Crippen LogP contribution in [0.1, 0.15) is 94.3 Å². The fraction of sp³-hybridized carbons (Fsp3) is 0.500. The quantitative estimate of drug-likeness (QED) is 0.0938. The maximum absolute atomic E-state index is 12.3. The highest BCUT2D eigenvalue weighted by atomic mass is 32.1. The highest BCUT2D eigenvalue weighted by molar-refractivity contribution is 7.80. The Hall–Kier alpha value is -4.81. The van der Waals surface area contributed by atoms with E-state index in [1.54, 1.807) is 0 Å². The standard InChI is InChI=1S/C46H58N2O13S/c1-26-38(23-48(7)27(2)41(54)34-11-9-8-10-12-34)60-46(61-42(26)35-17-15-33(24-49)16-18-35)36-19-13-32(14-20-36)22-47-40(62)21-37-43(56-29(4)51)45(58-31(6)53)44(57-30(5)52)39(59-37)25-55-28(3)50/h8-20,26-27,37-39,41-46,49,54H,21-25H2,1-7H3,(H,47,62)/t26-,27-,37-,38+,39+,41-,42+,43-,44+,45+,46?/m0/s1. The maximum Gasteiger partial charge on any atom is 0.303 e. The number of carbonyl (C=O) groups excluding carboxylic acids is 4. The lowest BCUT2D eigenvalue weighted by Crippen LogP contribution is -2.62. The van der Waals surface area contributed by atoms with Gasteiger partial charge >= 0.3 is 23.9 Å². The number of thiocarbonyl (C=S) groups is 1. The van der Waals surface area contributed by atoms with Crippen LogP contribution in [-0.4, -0.2) is 107 Å². The van der Waals surface area contributed by atoms with E-state index in [9.17, 15) is 29.4 Å². The summed E-state index contributed by atoms with van der Waals surface area (Å²) in [6, 6.07) is 24.8. The number of esters is 4. The fourth-order valence-corrected chi connectivity index (χ4v) is 7.91. The Balaban J connectivity index is 1.29. The van der Waals surface area contributed by atoms with Crippen LogP contribution in [0.5, 0.6) is 0 Å². The van der Waals surface area contributed by atoms with Gasteiger partial charge in [-0.15, -0.1) is 0 Å². The third kappa shape index (κ3) is 13.1. The minimum Gasteiger partial charge on any atom is -0.463 e. The predicted molar refractivity (Wildman–Crippen MR) is 229 cm³/mol. The molecule has 0 radical (unpaired) electrons. The van der Waals surface area contributed by atoms with Gasteiger partial charge in [-0.3, -0.25) is 24.1 Å². The number of aliphatic hydroxyl groups excluding tert-OH is 2. The molecule has 0 spiro atoms. The lowest BCUT2D eigenvalue weighted by Gasteiger charge is -2.44. The molecular formula is C46H58N2O13S. The average molecular weight is 879 g/mol. The minimum atomic E-state index is -1.29. The highest BCUT2D eigenvalue weighted by Gasteiger charge is 2.52. The molecule has 62 heavy (non-hydrogen) atoms. The number of nitrogens with zero attached hydrogens (tertiary/aromatic N) is 1. The fourth-order valence-electron chi connectivity index (χ4n) is 7.68. The summed E-state index contributed by atoms with van der Waals surface area (Å²) in [5, 5.41) is 24.1. The Morgan fingerprint density at radius 1 is 0.742 bits per heavy atom. The van der Waals surface area contributed by atoms with Gasteiger partial charge in [-0.2, -0.15) is 0 Å². The number of ether oxygens (including phenoxy) is 7. The molecule has 0 saturated carbocycles. The van der Waals surface area contributed by atoms with Gasteiger partial charge in [0.2, 0.25) is 0 Å². The molecule has 1 unspecified atom stereocenters. The predicted octanol–water partition coefficient (Wildman–Crippen LogP) is 4.96. The van der Waals surface area contributed by atoms with Crippen LogP contribution in [-0.2, 0) is 65.5 Å². The summed E-state index contributed by atoms with van der Waals surface area (Å²) in [5.74, 6) is -2.80. The van der Waals surface area contributed by atoms with Crippen LogP contribution in [0.15, 0.2) is 78.9 Å². The van der Waals surface area contributed by atoms with E-state index in [0.29, 0.717) is 18.1 Å². The minimum absolute atomic E-state index is 0.00588. The molecule has 0 amide bonds. The topological polar surface area (TPSA) is 189 Å². The van der Waals surface area contributed by atoms with Gasteiger partial charge in [0.1, 0.15) is 18.8 Å². The second-order valence-electron chi connectivity index (χ2n) is 15.8. The molecule has 2 aliphatic heterocycles. The van der Waals surface area contributed by atoms with Crippen LogP contribution in [0.2, 0.25) is 0 Å². The number of hydrogen-bond donors (Lipinski definition) is 3. The summed E-state index contributed by atoms with van der Waals surface area (Å²) in [6.07, 6.45) is -7.83. The Bertz CT molecular complexity index is 1970. The van der Waals surface area contributed by atoms with Crippen molar-refractivity contribution in [2.45, 2.75) is 122 Å². The Morgan fingerprint density at radius 3 is 1.89 bits per heavy atom. The number of aliphatic hydroxyl groups is 2. The van der Waals surface area contributed by atoms with Crippen LogP contribution < -0.4 is 5.32 Å². The number of nitrogens with one attached hydrogen (secondary N) is 1. The molecule has 0 aliphatic carbocycles. The molecule has 2 fully saturated rings. The molecule has 3 aromatic rings. The number of likely N-dealkylation sites (N-methyl/N-ethyl adjacent to an activating group) is 1. The van der Waals surface area contributed by atoms with E-state index in [0.717, 1.165) is 34.7 Å². The molecule has 0 bridgehead atoms. The summed E-state index contributed by atoms with van der Waals surface area (Å²) in [6.45, 7) is 9.24. The van der Waals surface area contributed by atoms with Crippen molar-refractivity contribution in [3.8, 4) is 0 Å². The van der Waals surface area contributed by atoms with Crippen LogP contribution in [0.25, 0.3) is 0 Å². The number of rotatable bonds is 17. The van der Waals surface area contributed by atoms with Crippen molar-refractivity contribution in [2.24, 2.45) is 5.92 Å². The first-order valence-electron chi connectivity index (χ1n) is 20.6. The molecule has 16 heteroatoms. The largest absolute Gasteiger partial charge is 0.463 e. The number of carbonyl (C=O) groups is 4. The van der Waals surface area contributed by atoms with Crippen LogP contribution in [0.4, 0.5) is 0 Å². The van der Waals surface area contributed by atoms with Gasteiger partial charge in [0.05, 0.1) is 29.9 Å². The highest BCUT2D eigenvalue weighted by Crippen LogP contribution is 2.42. The summed E-state index contributed by atoms with van der Waals surface area (Å²) in [4.78, 5) is 50.7. The molecule has 11 atom stereocenters. The summed E-state index contributed by atoms with van der Waals surface area (Å²) in [5.41, 5.74) is 4.26. The van der Waals surface area contributed by atoms with Crippen molar-refractivity contribution in [1.29, 1.82) is 0 Å². The molecule has 3 aromatic carbocycles. The normalized spacial score (nSPS) is 25.8. The zero-order valence-corrected chi connectivity index (χ0v) is 36.9. The Labute approximate surface area is 367 Å². The van der Waals surface area contributed by atoms with E-state index in [1.165, 1.54) is 20.8 Å². The molecule has 5 rings (SSSR count). The van der Waals surface area contributed by atoms with Crippen molar-refractivity contribution in [2.75, 3.05) is 20.2 Å². The Morgan fingerprint density at radius 2 is 1.31 bits per heavy atom. The van der Waals surface area contributed by atoms with E-state index in [-0.39, 0.29) is 43.8 Å². The van der Waals surface area contributed by atoms with E-state index in [2.05, 4.69) is 17.1 Å². The van der Waals surface area contributed by atoms with Gasteiger partial charge in [-0.1, -0.05) is 98.0 Å². The van der Waals surface area contributed by atoms with Crippen molar-refractivity contribution in [3.05, 3.63) is 107 Å². The van der Waals surface area contributed by atoms with Gasteiger partial charge in [0, 0.05) is 64.7 Å². The number of hydrogen-bond acceptors (Lipinski definition) is 15. The van der Waals surface area contributed by atoms with Gasteiger partial charge in [0.15, 0.2) is 24.6 Å². The first kappa shape index (κ1) is 48.2. The van der Waals surface area contributed by atoms with Crippen LogP contribution in [0.3, 0.4) is 0 Å². The molecule has 3 N–H and O–H groups in total. The van der Waals surface area contributed by atoms with Crippen molar-refractivity contribution in [3.63, 3.8) is 0 Å². The van der Waals surface area contributed by atoms with Gasteiger partial charge < -0.3 is 48.7 Å². The lowest BCUT2D eigenvalue weighted by molar-refractivity contribution is -0.276. The monoisotopic (exact) mass is 878 g/mol. The third-order valence-electron chi connectivity index (χ3n) is 11.1. The van der Waals surface area contributed by atoms with Gasteiger partial charge in [-0.25, -0.2) is 0 Å². The molecular weight excluding hydrogens is 821 g/mol. The summed E-state index contributed by atoms with van der Waals surface area (Å²) in [7, 11) is 1.98. The number of benzene rings is 3. The second kappa shape index (κ2) is 22.5. The first-order chi connectivity index (χ1) is 29.5. The first-order valence-corrected chi connectivity index (χ1v) is 21.0. The second-order valence-corrected chi connectivity index (χ2v) is 16.3. The molecule has 0 aromatic heterocycles. The summed E-state index contributed by atoms with van der Waals surface area (Å²) >= 11 is 5.71. The lowest BCUT2D eigenvalue weighted by atomic mass is 9.89. The van der Waals surface area contributed by atoms with Crippen LogP contribution in [0, 0.1) is 5.92 Å². The molecule has 336 valence electrons. The molecule has 2 heterocycles. The van der Waals surface area contributed by atoms with Crippen molar-refractivity contribution in [1.82, 2.24) is 10.2 Å². The van der Waals surface area contributed by atoms with Gasteiger partial charge in [0.25, 0.3) is 0 Å². The summed E-state index contributed by atoms with van der Waals surface area (Å²) < 4.78 is 41.3. The van der Waals surface area contributed by atoms with E-state index < -0.39 is 66.8 Å². The third-order valence-corrected chi connectivity index (χ3v) is 11.4. The smallest absolute Gasteiger partial charge is 0.303 e. The molecule has 2 saturated heterocycles.